The number of halogens is 1. The van der Waals surface area contributed by atoms with E-state index in [9.17, 15) is 14.9 Å². The van der Waals surface area contributed by atoms with Crippen LogP contribution in [-0.2, 0) is 4.79 Å². The van der Waals surface area contributed by atoms with Crippen LogP contribution in [0.4, 0.5) is 0 Å². The normalized spacial score (nSPS) is 15.3. The molecule has 32 heavy (non-hydrogen) atoms. The predicted molar refractivity (Wildman–Crippen MR) is 127 cm³/mol. The van der Waals surface area contributed by atoms with Crippen LogP contribution in [0.3, 0.4) is 0 Å². The Morgan fingerprint density at radius 1 is 1.22 bits per heavy atom. The van der Waals surface area contributed by atoms with Gasteiger partial charge in [-0.25, -0.2) is 4.98 Å². The Hall–Kier alpha value is -2.82. The summed E-state index contributed by atoms with van der Waals surface area (Å²) in [6, 6.07) is 16.5. The minimum Gasteiger partial charge on any atom is -0.326 e. The Balaban J connectivity index is 1.68. The Morgan fingerprint density at radius 3 is 2.69 bits per heavy atom. The molecule has 164 valence electrons. The van der Waals surface area contributed by atoms with E-state index in [-0.39, 0.29) is 17.2 Å². The van der Waals surface area contributed by atoms with Gasteiger partial charge in [-0.3, -0.25) is 14.2 Å². The smallest absolute Gasteiger partial charge is 0.266 e. The molecular formula is C24H23ClN4O2S. The molecule has 6 nitrogen and oxygen atoms in total. The zero-order valence-electron chi connectivity index (χ0n) is 17.8. The Labute approximate surface area is 195 Å². The molecule has 0 radical (unpaired) electrons. The Bertz CT molecular complexity index is 1260. The number of carbonyl (C=O) groups is 1. The second-order valence-corrected chi connectivity index (χ2v) is 9.36. The lowest BCUT2D eigenvalue weighted by Gasteiger charge is -2.39. The maximum Gasteiger partial charge on any atom is 0.266 e. The first kappa shape index (κ1) is 22.4. The number of hydrogen-bond donors (Lipinski definition) is 0. The van der Waals surface area contributed by atoms with Crippen molar-refractivity contribution >= 4 is 40.2 Å². The highest BCUT2D eigenvalue weighted by Crippen LogP contribution is 2.33. The van der Waals surface area contributed by atoms with E-state index in [1.807, 2.05) is 6.07 Å². The average Bonchev–Trinajstić information content (AvgIpc) is 2.82. The minimum atomic E-state index is -0.751. The molecule has 0 unspecified atom stereocenters. The summed E-state index contributed by atoms with van der Waals surface area (Å²) in [4.78, 5) is 32.6. The summed E-state index contributed by atoms with van der Waals surface area (Å²) < 4.78 is 1.49. The van der Waals surface area contributed by atoms with Gasteiger partial charge < -0.3 is 4.90 Å². The van der Waals surface area contributed by atoms with E-state index in [0.717, 1.165) is 19.3 Å². The zero-order chi connectivity index (χ0) is 22.7. The van der Waals surface area contributed by atoms with Crippen LogP contribution in [0.25, 0.3) is 16.6 Å². The van der Waals surface area contributed by atoms with Gasteiger partial charge in [0.2, 0.25) is 5.91 Å². The zero-order valence-corrected chi connectivity index (χ0v) is 19.3. The Morgan fingerprint density at radius 2 is 1.97 bits per heavy atom. The molecule has 1 fully saturated rings. The Kier molecular flexibility index (Phi) is 6.54. The van der Waals surface area contributed by atoms with Crippen LogP contribution in [0.5, 0.6) is 0 Å². The first-order valence-corrected chi connectivity index (χ1v) is 11.9. The fourth-order valence-electron chi connectivity index (χ4n) is 4.17. The second-order valence-electron chi connectivity index (χ2n) is 7.98. The van der Waals surface area contributed by atoms with E-state index >= 15 is 0 Å². The van der Waals surface area contributed by atoms with Gasteiger partial charge in [0.1, 0.15) is 5.54 Å². The third-order valence-electron chi connectivity index (χ3n) is 6.04. The van der Waals surface area contributed by atoms with Crippen LogP contribution >= 0.6 is 23.4 Å². The summed E-state index contributed by atoms with van der Waals surface area (Å²) >= 11 is 7.36. The first-order chi connectivity index (χ1) is 15.4. The number of fused-ring (bicyclic) bond motifs is 1. The molecule has 1 amide bonds. The summed E-state index contributed by atoms with van der Waals surface area (Å²) in [6.45, 7) is 0. The van der Waals surface area contributed by atoms with Gasteiger partial charge in [-0.1, -0.05) is 60.8 Å². The van der Waals surface area contributed by atoms with Gasteiger partial charge >= 0.3 is 0 Å². The van der Waals surface area contributed by atoms with Crippen LogP contribution in [-0.4, -0.2) is 38.7 Å². The third kappa shape index (κ3) is 4.25. The number of carbonyl (C=O) groups excluding carboxylic acids is 1. The molecule has 0 N–H and O–H groups in total. The minimum absolute atomic E-state index is 0.0747. The highest BCUT2D eigenvalue weighted by molar-refractivity contribution is 7.99. The van der Waals surface area contributed by atoms with E-state index < -0.39 is 5.54 Å². The van der Waals surface area contributed by atoms with Crippen molar-refractivity contribution in [3.63, 3.8) is 0 Å². The predicted octanol–water partition coefficient (Wildman–Crippen LogP) is 4.82. The van der Waals surface area contributed by atoms with Crippen molar-refractivity contribution in [3.8, 4) is 11.8 Å². The van der Waals surface area contributed by atoms with E-state index in [2.05, 4.69) is 11.1 Å². The number of amides is 1. The molecule has 4 rings (SSSR count). The van der Waals surface area contributed by atoms with Gasteiger partial charge in [-0.2, -0.15) is 5.26 Å². The number of thioether (sulfide) groups is 1. The molecule has 0 spiro atoms. The molecular weight excluding hydrogens is 444 g/mol. The highest BCUT2D eigenvalue weighted by Gasteiger charge is 2.38. The van der Waals surface area contributed by atoms with Crippen molar-refractivity contribution in [2.24, 2.45) is 0 Å². The first-order valence-electron chi connectivity index (χ1n) is 10.5. The summed E-state index contributed by atoms with van der Waals surface area (Å²) in [7, 11) is 1.70. The summed E-state index contributed by atoms with van der Waals surface area (Å²) in [5, 5.41) is 11.2. The number of nitrogens with zero attached hydrogens (tertiary/aromatic N) is 4. The van der Waals surface area contributed by atoms with E-state index in [4.69, 9.17) is 11.6 Å². The van der Waals surface area contributed by atoms with E-state index in [1.54, 1.807) is 54.4 Å². The lowest BCUT2D eigenvalue weighted by atomic mass is 9.81. The van der Waals surface area contributed by atoms with Gasteiger partial charge in [0.15, 0.2) is 5.16 Å². The molecule has 1 saturated carbocycles. The molecule has 0 atom stereocenters. The largest absolute Gasteiger partial charge is 0.326 e. The van der Waals surface area contributed by atoms with Gasteiger partial charge in [-0.15, -0.1) is 0 Å². The van der Waals surface area contributed by atoms with Crippen molar-refractivity contribution in [2.75, 3.05) is 12.8 Å². The molecule has 3 aromatic rings. The summed E-state index contributed by atoms with van der Waals surface area (Å²) in [6.07, 6.45) is 4.36. The molecule has 1 aliphatic rings. The van der Waals surface area contributed by atoms with Gasteiger partial charge in [-0.05, 0) is 43.2 Å². The molecule has 0 aliphatic heterocycles. The molecule has 2 aromatic carbocycles. The topological polar surface area (TPSA) is 79.0 Å². The van der Waals surface area contributed by atoms with Gasteiger partial charge in [0.05, 0.1) is 28.4 Å². The average molecular weight is 467 g/mol. The lowest BCUT2D eigenvalue weighted by molar-refractivity contribution is -0.131. The number of nitriles is 1. The van der Waals surface area contributed by atoms with Crippen LogP contribution in [0, 0.1) is 11.3 Å². The number of aromatic nitrogens is 2. The van der Waals surface area contributed by atoms with Gasteiger partial charge in [0, 0.05) is 12.1 Å². The fraction of sp³-hybridized carbons (Fsp3) is 0.333. The van der Waals surface area contributed by atoms with E-state index in [1.165, 1.54) is 16.3 Å². The number of benzene rings is 2. The molecule has 1 aliphatic carbocycles. The van der Waals surface area contributed by atoms with Crippen molar-refractivity contribution in [1.82, 2.24) is 14.5 Å². The molecule has 8 heteroatoms. The molecule has 1 aromatic heterocycles. The van der Waals surface area contributed by atoms with Crippen LogP contribution in [0.2, 0.25) is 5.02 Å². The number of para-hydroxylation sites is 1. The van der Waals surface area contributed by atoms with Crippen LogP contribution in [0.15, 0.2) is 58.5 Å². The number of hydrogen-bond acceptors (Lipinski definition) is 5. The third-order valence-corrected chi connectivity index (χ3v) is 7.20. The quantitative estimate of drug-likeness (QED) is 0.398. The molecule has 0 saturated heterocycles. The standard InChI is InChI=1S/C24H23ClN4O2S/c1-28(24(16-26)12-5-2-6-13-24)21(30)15-32-23-27-20-11-4-3-10-19(20)22(31)29(23)18-9-7-8-17(25)14-18/h3-4,7-11,14H,2,5-6,12-13,15H2,1H3. The molecule has 0 bridgehead atoms. The second kappa shape index (κ2) is 9.35. The number of rotatable bonds is 5. The fourth-order valence-corrected chi connectivity index (χ4v) is 5.28. The summed E-state index contributed by atoms with van der Waals surface area (Å²) in [5.74, 6) is -0.0795. The van der Waals surface area contributed by atoms with Crippen molar-refractivity contribution in [1.29, 1.82) is 5.26 Å². The molecule has 1 heterocycles. The van der Waals surface area contributed by atoms with Crippen LogP contribution < -0.4 is 5.56 Å². The highest BCUT2D eigenvalue weighted by atomic mass is 35.5. The monoisotopic (exact) mass is 466 g/mol. The van der Waals surface area contributed by atoms with Crippen molar-refractivity contribution in [2.45, 2.75) is 42.8 Å². The van der Waals surface area contributed by atoms with E-state index in [0.29, 0.717) is 39.6 Å². The maximum absolute atomic E-state index is 13.3. The van der Waals surface area contributed by atoms with Crippen molar-refractivity contribution in [3.05, 3.63) is 63.9 Å². The summed E-state index contributed by atoms with van der Waals surface area (Å²) in [5.41, 5.74) is 0.186. The van der Waals surface area contributed by atoms with Crippen molar-refractivity contribution < 1.29 is 4.79 Å². The maximum atomic E-state index is 13.3. The van der Waals surface area contributed by atoms with Gasteiger partial charge in [0.25, 0.3) is 5.56 Å². The SMILES string of the molecule is CN(C(=O)CSc1nc2ccccc2c(=O)n1-c1cccc(Cl)c1)C1(C#N)CCCCC1. The van der Waals surface area contributed by atoms with Crippen LogP contribution in [0.1, 0.15) is 32.1 Å². The lowest BCUT2D eigenvalue weighted by Crippen LogP contribution is -2.50.